The standard InChI is InChI=1S/C10H10F2O2S/c11-8-2-1-3-9(4-8)15(13)7-10(12)5-14-6-10/h1-4H,5-7H2. The summed E-state index contributed by atoms with van der Waals surface area (Å²) >= 11 is -1.51. The molecule has 1 aromatic rings. The van der Waals surface area contributed by atoms with Crippen molar-refractivity contribution in [1.82, 2.24) is 0 Å². The molecule has 0 amide bonds. The molecule has 2 rings (SSSR count). The topological polar surface area (TPSA) is 32.3 Å². The fourth-order valence-electron chi connectivity index (χ4n) is 1.33. The molecule has 1 unspecified atom stereocenters. The molecule has 1 aliphatic rings. The molecule has 0 radical (unpaired) electrons. The van der Waals surface area contributed by atoms with Crippen LogP contribution in [0.2, 0.25) is 0 Å². The van der Waals surface area contributed by atoms with Crippen LogP contribution in [0.3, 0.4) is 0 Å². The van der Waals surface area contributed by atoms with Gasteiger partial charge in [-0.15, -0.1) is 0 Å². The second-order valence-electron chi connectivity index (χ2n) is 3.59. The highest BCUT2D eigenvalue weighted by Gasteiger charge is 2.43. The number of benzene rings is 1. The van der Waals surface area contributed by atoms with Crippen LogP contribution in [0.5, 0.6) is 0 Å². The number of hydrogen-bond donors (Lipinski definition) is 0. The van der Waals surface area contributed by atoms with Crippen molar-refractivity contribution < 1.29 is 18.1 Å². The molecule has 1 aromatic carbocycles. The average molecular weight is 232 g/mol. The van der Waals surface area contributed by atoms with E-state index in [0.717, 1.165) is 0 Å². The smallest absolute Gasteiger partial charge is 0.201 e. The Hall–Kier alpha value is -0.650. The lowest BCUT2D eigenvalue weighted by atomic mass is 10.1. The minimum atomic E-state index is -1.51. The first kappa shape index (κ1) is 10.9. The van der Waals surface area contributed by atoms with Crippen LogP contribution in [-0.2, 0) is 15.9 Å². The molecule has 1 saturated heterocycles. The predicted molar refractivity (Wildman–Crippen MR) is 52.3 cm³/mol. The molecule has 1 heterocycles. The van der Waals surface area contributed by atoms with E-state index in [-0.39, 0.29) is 19.0 Å². The molecule has 0 aromatic heterocycles. The number of ether oxygens (including phenoxy) is 1. The maximum atomic E-state index is 13.5. The van der Waals surface area contributed by atoms with Gasteiger partial charge in [-0.2, -0.15) is 0 Å². The Labute approximate surface area is 89.4 Å². The van der Waals surface area contributed by atoms with Crippen LogP contribution >= 0.6 is 0 Å². The Morgan fingerprint density at radius 3 is 2.73 bits per heavy atom. The van der Waals surface area contributed by atoms with E-state index in [4.69, 9.17) is 4.74 Å². The highest BCUT2D eigenvalue weighted by molar-refractivity contribution is 7.91. The van der Waals surface area contributed by atoms with Gasteiger partial charge in [0.15, 0.2) is 4.90 Å². The minimum absolute atomic E-state index is 0.0198. The fourth-order valence-corrected chi connectivity index (χ4v) is 2.61. The largest absolute Gasteiger partial charge is 0.611 e. The van der Waals surface area contributed by atoms with Gasteiger partial charge in [-0.05, 0) is 23.3 Å². The molecule has 1 atom stereocenters. The second-order valence-corrected chi connectivity index (χ2v) is 5.04. The molecular formula is C10H10F2O2S. The number of halogens is 2. The van der Waals surface area contributed by atoms with Gasteiger partial charge in [0.2, 0.25) is 5.67 Å². The van der Waals surface area contributed by atoms with E-state index in [9.17, 15) is 13.3 Å². The Bertz CT molecular complexity index is 355. The summed E-state index contributed by atoms with van der Waals surface area (Å²) in [7, 11) is 0. The zero-order valence-electron chi connectivity index (χ0n) is 7.91. The van der Waals surface area contributed by atoms with Crippen LogP contribution in [-0.4, -0.2) is 29.2 Å². The summed E-state index contributed by atoms with van der Waals surface area (Å²) < 4.78 is 42.7. The molecule has 0 saturated carbocycles. The molecule has 5 heteroatoms. The lowest BCUT2D eigenvalue weighted by molar-refractivity contribution is -0.115. The lowest BCUT2D eigenvalue weighted by Gasteiger charge is -2.33. The summed E-state index contributed by atoms with van der Waals surface area (Å²) in [6.45, 7) is -0.0396. The van der Waals surface area contributed by atoms with Gasteiger partial charge in [-0.1, -0.05) is 6.07 Å². The monoisotopic (exact) mass is 232 g/mol. The van der Waals surface area contributed by atoms with E-state index in [2.05, 4.69) is 0 Å². The normalized spacial score (nSPS) is 20.7. The number of hydrogen-bond acceptors (Lipinski definition) is 2. The van der Waals surface area contributed by atoms with E-state index in [1.54, 1.807) is 0 Å². The molecule has 0 spiro atoms. The summed E-state index contributed by atoms with van der Waals surface area (Å²) in [6, 6.07) is 5.42. The molecule has 2 nitrogen and oxygen atoms in total. The van der Waals surface area contributed by atoms with Crippen molar-refractivity contribution in [2.45, 2.75) is 10.6 Å². The van der Waals surface area contributed by atoms with E-state index in [1.807, 2.05) is 0 Å². The summed E-state index contributed by atoms with van der Waals surface area (Å²) in [5, 5.41) is 0. The van der Waals surface area contributed by atoms with E-state index in [1.165, 1.54) is 24.3 Å². The van der Waals surface area contributed by atoms with Crippen molar-refractivity contribution in [2.75, 3.05) is 19.0 Å². The molecule has 0 aliphatic carbocycles. The van der Waals surface area contributed by atoms with Crippen LogP contribution in [0.15, 0.2) is 29.2 Å². The first-order chi connectivity index (χ1) is 7.09. The Morgan fingerprint density at radius 2 is 2.20 bits per heavy atom. The maximum absolute atomic E-state index is 13.5. The van der Waals surface area contributed by atoms with Crippen molar-refractivity contribution in [1.29, 1.82) is 0 Å². The first-order valence-electron chi connectivity index (χ1n) is 4.50. The van der Waals surface area contributed by atoms with Crippen molar-refractivity contribution >= 4 is 11.2 Å². The Balaban J connectivity index is 2.04. The van der Waals surface area contributed by atoms with Crippen molar-refractivity contribution in [2.24, 2.45) is 0 Å². The maximum Gasteiger partial charge on any atom is 0.201 e. The zero-order valence-corrected chi connectivity index (χ0v) is 8.73. The summed E-state index contributed by atoms with van der Waals surface area (Å²) in [5.74, 6) is -0.588. The average Bonchev–Trinajstić information content (AvgIpc) is 2.15. The predicted octanol–water partition coefficient (Wildman–Crippen LogP) is 1.67. The van der Waals surface area contributed by atoms with Crippen LogP contribution in [0.4, 0.5) is 8.78 Å². The van der Waals surface area contributed by atoms with Gasteiger partial charge in [0.1, 0.15) is 11.6 Å². The van der Waals surface area contributed by atoms with Crippen molar-refractivity contribution in [3.05, 3.63) is 30.1 Å². The molecular weight excluding hydrogens is 222 g/mol. The first-order valence-corrected chi connectivity index (χ1v) is 5.82. The molecule has 0 bridgehead atoms. The fraction of sp³-hybridized carbons (Fsp3) is 0.400. The number of alkyl halides is 1. The summed E-state index contributed by atoms with van der Waals surface area (Å²) in [5.41, 5.74) is -1.50. The SMILES string of the molecule is [O-][S+](CC1(F)COC1)c1cccc(F)c1. The van der Waals surface area contributed by atoms with Crippen molar-refractivity contribution in [3.8, 4) is 0 Å². The minimum Gasteiger partial charge on any atom is -0.611 e. The molecule has 15 heavy (non-hydrogen) atoms. The Kier molecular flexibility index (Phi) is 2.95. The van der Waals surface area contributed by atoms with E-state index in [0.29, 0.717) is 4.90 Å². The second kappa shape index (κ2) is 4.08. The summed E-state index contributed by atoms with van der Waals surface area (Å²) in [4.78, 5) is 0.318. The van der Waals surface area contributed by atoms with E-state index < -0.39 is 22.7 Å². The third-order valence-corrected chi connectivity index (χ3v) is 3.73. The van der Waals surface area contributed by atoms with Gasteiger partial charge < -0.3 is 9.29 Å². The quantitative estimate of drug-likeness (QED) is 0.742. The molecule has 1 aliphatic heterocycles. The zero-order chi connectivity index (χ0) is 10.9. The molecule has 1 fully saturated rings. The third-order valence-electron chi connectivity index (χ3n) is 2.17. The third kappa shape index (κ3) is 2.48. The Morgan fingerprint density at radius 1 is 1.47 bits per heavy atom. The van der Waals surface area contributed by atoms with Gasteiger partial charge in [-0.25, -0.2) is 8.78 Å². The molecule has 82 valence electrons. The van der Waals surface area contributed by atoms with Gasteiger partial charge >= 0.3 is 0 Å². The van der Waals surface area contributed by atoms with Gasteiger partial charge in [-0.3, -0.25) is 0 Å². The van der Waals surface area contributed by atoms with Crippen LogP contribution in [0.25, 0.3) is 0 Å². The number of rotatable bonds is 3. The van der Waals surface area contributed by atoms with Gasteiger partial charge in [0, 0.05) is 6.07 Å². The van der Waals surface area contributed by atoms with Crippen LogP contribution in [0.1, 0.15) is 0 Å². The highest BCUT2D eigenvalue weighted by atomic mass is 32.2. The van der Waals surface area contributed by atoms with E-state index >= 15 is 0 Å². The summed E-state index contributed by atoms with van der Waals surface area (Å²) in [6.07, 6.45) is 0. The molecule has 0 N–H and O–H groups in total. The van der Waals surface area contributed by atoms with Gasteiger partial charge in [0.25, 0.3) is 0 Å². The van der Waals surface area contributed by atoms with Crippen LogP contribution < -0.4 is 0 Å². The van der Waals surface area contributed by atoms with Crippen LogP contribution in [0, 0.1) is 5.82 Å². The highest BCUT2D eigenvalue weighted by Crippen LogP contribution is 2.26. The lowest BCUT2D eigenvalue weighted by Crippen LogP contribution is -2.50. The van der Waals surface area contributed by atoms with Crippen molar-refractivity contribution in [3.63, 3.8) is 0 Å². The van der Waals surface area contributed by atoms with Gasteiger partial charge in [0.05, 0.1) is 13.2 Å².